The van der Waals surface area contributed by atoms with Crippen molar-refractivity contribution in [1.82, 2.24) is 29.8 Å². The number of fused-ring (bicyclic) bond motifs is 3. The van der Waals surface area contributed by atoms with Crippen LogP contribution in [-0.2, 0) is 6.54 Å². The van der Waals surface area contributed by atoms with E-state index in [1.54, 1.807) is 29.9 Å². The number of hydrogen-bond acceptors (Lipinski definition) is 5. The molecular formula is C23H21ClN6O2. The van der Waals surface area contributed by atoms with Crippen molar-refractivity contribution in [3.8, 4) is 0 Å². The fraction of sp³-hybridized carbons (Fsp3) is 0.217. The first-order chi connectivity index (χ1) is 15.5. The first-order valence-corrected chi connectivity index (χ1v) is 10.7. The predicted octanol–water partition coefficient (Wildman–Crippen LogP) is 2.87. The van der Waals surface area contributed by atoms with Gasteiger partial charge < -0.3 is 10.3 Å². The molecule has 0 aliphatic carbocycles. The lowest BCUT2D eigenvalue weighted by molar-refractivity contribution is 0.0958. The van der Waals surface area contributed by atoms with E-state index in [1.807, 2.05) is 18.2 Å². The Bertz CT molecular complexity index is 1420. The minimum absolute atomic E-state index is 0.187. The van der Waals surface area contributed by atoms with E-state index < -0.39 is 0 Å². The molecule has 1 amide bonds. The number of nitrogens with zero attached hydrogens (tertiary/aromatic N) is 4. The van der Waals surface area contributed by atoms with Gasteiger partial charge >= 0.3 is 0 Å². The van der Waals surface area contributed by atoms with Gasteiger partial charge in [0.25, 0.3) is 11.5 Å². The fourth-order valence-corrected chi connectivity index (χ4v) is 4.25. The molecule has 4 heterocycles. The van der Waals surface area contributed by atoms with Crippen LogP contribution in [0, 0.1) is 0 Å². The Balaban J connectivity index is 1.32. The van der Waals surface area contributed by atoms with Crippen molar-refractivity contribution in [1.29, 1.82) is 0 Å². The van der Waals surface area contributed by atoms with Crippen molar-refractivity contribution < 1.29 is 4.79 Å². The Morgan fingerprint density at radius 2 is 2.09 bits per heavy atom. The lowest BCUT2D eigenvalue weighted by Crippen LogP contribution is -2.28. The number of halogens is 1. The standard InChI is InChI=1S/C23H21ClN6O2/c1-25-22(31)17-4-3-16(12-26-17)15-6-8-29(9-7-15)13-14-2-5-19-18(10-14)27-23(32)20-11-21(24)28-30(19)20/h2-6,10-12H,7-9,13H2,1H3,(H,25,31)(H,27,32). The topological polar surface area (TPSA) is 95.4 Å². The quantitative estimate of drug-likeness (QED) is 0.500. The summed E-state index contributed by atoms with van der Waals surface area (Å²) in [6, 6.07) is 11.3. The molecule has 9 heteroatoms. The Hall–Kier alpha value is -3.49. The second-order valence-electron chi connectivity index (χ2n) is 7.80. The fourth-order valence-electron chi connectivity index (χ4n) is 4.07. The summed E-state index contributed by atoms with van der Waals surface area (Å²) in [4.78, 5) is 33.5. The van der Waals surface area contributed by atoms with Crippen LogP contribution in [0.15, 0.2) is 53.5 Å². The summed E-state index contributed by atoms with van der Waals surface area (Å²) < 4.78 is 1.58. The SMILES string of the molecule is CNC(=O)c1ccc(C2=CCN(Cc3ccc4c(c3)[nH]c(=O)c3cc(Cl)nn34)CC2)cn1. The third kappa shape index (κ3) is 3.79. The van der Waals surface area contributed by atoms with Crippen LogP contribution in [0.1, 0.15) is 28.0 Å². The Morgan fingerprint density at radius 1 is 1.22 bits per heavy atom. The van der Waals surface area contributed by atoms with Gasteiger partial charge in [-0.15, -0.1) is 0 Å². The molecule has 1 aliphatic rings. The number of pyridine rings is 1. The van der Waals surface area contributed by atoms with Crippen LogP contribution in [0.4, 0.5) is 0 Å². The van der Waals surface area contributed by atoms with E-state index in [-0.39, 0.29) is 11.5 Å². The van der Waals surface area contributed by atoms with Crippen molar-refractivity contribution in [2.24, 2.45) is 0 Å². The van der Waals surface area contributed by atoms with Gasteiger partial charge in [0.15, 0.2) is 5.15 Å². The average molecular weight is 449 g/mol. The molecule has 0 spiro atoms. The highest BCUT2D eigenvalue weighted by Gasteiger charge is 2.15. The summed E-state index contributed by atoms with van der Waals surface area (Å²) in [5.74, 6) is -0.187. The summed E-state index contributed by atoms with van der Waals surface area (Å²) in [5.41, 5.74) is 5.56. The van der Waals surface area contributed by atoms with Crippen molar-refractivity contribution in [3.63, 3.8) is 0 Å². The number of nitrogens with one attached hydrogen (secondary N) is 2. The molecule has 4 aromatic rings. The van der Waals surface area contributed by atoms with Gasteiger partial charge in [-0.05, 0) is 41.3 Å². The van der Waals surface area contributed by atoms with Crippen LogP contribution >= 0.6 is 11.6 Å². The largest absolute Gasteiger partial charge is 0.354 e. The first-order valence-electron chi connectivity index (χ1n) is 10.3. The zero-order valence-corrected chi connectivity index (χ0v) is 18.2. The highest BCUT2D eigenvalue weighted by atomic mass is 35.5. The summed E-state index contributed by atoms with van der Waals surface area (Å²) in [6.45, 7) is 2.49. The predicted molar refractivity (Wildman–Crippen MR) is 124 cm³/mol. The minimum atomic E-state index is -0.212. The summed E-state index contributed by atoms with van der Waals surface area (Å²) in [5, 5.41) is 7.09. The van der Waals surface area contributed by atoms with Gasteiger partial charge in [0.2, 0.25) is 0 Å². The second-order valence-corrected chi connectivity index (χ2v) is 8.18. The van der Waals surface area contributed by atoms with Crippen LogP contribution in [0.2, 0.25) is 5.15 Å². The Kier molecular flexibility index (Phi) is 5.24. The van der Waals surface area contributed by atoms with E-state index in [4.69, 9.17) is 11.6 Å². The lowest BCUT2D eigenvalue weighted by Gasteiger charge is -2.26. The molecule has 32 heavy (non-hydrogen) atoms. The monoisotopic (exact) mass is 448 g/mol. The van der Waals surface area contributed by atoms with Gasteiger partial charge in [-0.2, -0.15) is 5.10 Å². The van der Waals surface area contributed by atoms with Crippen molar-refractivity contribution in [2.75, 3.05) is 20.1 Å². The van der Waals surface area contributed by atoms with Crippen molar-refractivity contribution in [2.45, 2.75) is 13.0 Å². The number of benzene rings is 1. The first kappa shape index (κ1) is 20.4. The maximum absolute atomic E-state index is 12.3. The maximum atomic E-state index is 12.3. The molecule has 0 atom stereocenters. The molecule has 0 saturated carbocycles. The maximum Gasteiger partial charge on any atom is 0.274 e. The zero-order chi connectivity index (χ0) is 22.2. The molecule has 2 N–H and O–H groups in total. The molecule has 0 fully saturated rings. The number of carbonyl (C=O) groups excluding carboxylic acids is 1. The normalized spacial score (nSPS) is 14.6. The van der Waals surface area contributed by atoms with E-state index in [0.717, 1.165) is 48.2 Å². The number of rotatable bonds is 4. The van der Waals surface area contributed by atoms with Gasteiger partial charge in [0.05, 0.1) is 11.0 Å². The third-order valence-corrected chi connectivity index (χ3v) is 5.93. The van der Waals surface area contributed by atoms with E-state index in [0.29, 0.717) is 16.4 Å². The van der Waals surface area contributed by atoms with Gasteiger partial charge in [-0.1, -0.05) is 29.8 Å². The summed E-state index contributed by atoms with van der Waals surface area (Å²) >= 11 is 5.98. The van der Waals surface area contributed by atoms with Gasteiger partial charge in [-0.25, -0.2) is 4.52 Å². The van der Waals surface area contributed by atoms with Gasteiger partial charge in [0.1, 0.15) is 11.2 Å². The molecule has 1 aromatic carbocycles. The molecule has 3 aromatic heterocycles. The smallest absolute Gasteiger partial charge is 0.274 e. The Morgan fingerprint density at radius 3 is 2.81 bits per heavy atom. The van der Waals surface area contributed by atoms with Crippen LogP contribution in [0.25, 0.3) is 22.1 Å². The minimum Gasteiger partial charge on any atom is -0.354 e. The molecular weight excluding hydrogens is 428 g/mol. The zero-order valence-electron chi connectivity index (χ0n) is 17.4. The highest BCUT2D eigenvalue weighted by molar-refractivity contribution is 6.29. The number of hydrogen-bond donors (Lipinski definition) is 2. The highest BCUT2D eigenvalue weighted by Crippen LogP contribution is 2.24. The van der Waals surface area contributed by atoms with Crippen molar-refractivity contribution >= 4 is 39.6 Å². The molecule has 1 aliphatic heterocycles. The summed E-state index contributed by atoms with van der Waals surface area (Å²) in [6.07, 6.45) is 4.87. The number of amides is 1. The van der Waals surface area contributed by atoms with Crippen LogP contribution in [0.5, 0.6) is 0 Å². The molecule has 0 unspecified atom stereocenters. The van der Waals surface area contributed by atoms with E-state index in [2.05, 4.69) is 37.4 Å². The molecule has 5 rings (SSSR count). The molecule has 162 valence electrons. The van der Waals surface area contributed by atoms with E-state index in [1.165, 1.54) is 5.57 Å². The lowest BCUT2D eigenvalue weighted by atomic mass is 10.0. The molecule has 0 bridgehead atoms. The number of aromatic amines is 1. The number of carbonyl (C=O) groups is 1. The molecule has 8 nitrogen and oxygen atoms in total. The van der Waals surface area contributed by atoms with E-state index >= 15 is 0 Å². The van der Waals surface area contributed by atoms with Crippen molar-refractivity contribution in [3.05, 3.63) is 81.0 Å². The third-order valence-electron chi connectivity index (χ3n) is 5.74. The average Bonchev–Trinajstić information content (AvgIpc) is 3.21. The number of H-pyrrole nitrogens is 1. The van der Waals surface area contributed by atoms with E-state index in [9.17, 15) is 9.59 Å². The van der Waals surface area contributed by atoms with Crippen LogP contribution in [0.3, 0.4) is 0 Å². The molecule has 0 saturated heterocycles. The van der Waals surface area contributed by atoms with Crippen LogP contribution in [-0.4, -0.2) is 50.5 Å². The Labute approximate surface area is 188 Å². The summed E-state index contributed by atoms with van der Waals surface area (Å²) in [7, 11) is 1.59. The van der Waals surface area contributed by atoms with Crippen LogP contribution < -0.4 is 10.9 Å². The van der Waals surface area contributed by atoms with Gasteiger partial charge in [0, 0.05) is 38.9 Å². The molecule has 0 radical (unpaired) electrons. The number of aromatic nitrogens is 4. The van der Waals surface area contributed by atoms with Gasteiger partial charge in [-0.3, -0.25) is 19.5 Å². The second kappa shape index (κ2) is 8.22.